The van der Waals surface area contributed by atoms with Gasteiger partial charge in [0.15, 0.2) is 0 Å². The zero-order valence-electron chi connectivity index (χ0n) is 14.7. The van der Waals surface area contributed by atoms with Crippen molar-refractivity contribution in [2.75, 3.05) is 13.1 Å². The maximum Gasteiger partial charge on any atom is 0.411 e. The minimum atomic E-state index is -0.436. The minimum Gasteiger partial charge on any atom is -0.444 e. The van der Waals surface area contributed by atoms with E-state index in [0.29, 0.717) is 0 Å². The number of hydrogen-bond acceptors (Lipinski definition) is 3. The van der Waals surface area contributed by atoms with Crippen molar-refractivity contribution in [2.24, 2.45) is 0 Å². The molecule has 0 N–H and O–H groups in total. The molecule has 1 amide bonds. The number of nitrogens with zero attached hydrogens (tertiary/aromatic N) is 2. The van der Waals surface area contributed by atoms with Gasteiger partial charge in [-0.3, -0.25) is 9.80 Å². The van der Waals surface area contributed by atoms with E-state index in [1.165, 1.54) is 5.56 Å². The Labute approximate surface area is 139 Å². The van der Waals surface area contributed by atoms with Gasteiger partial charge in [0, 0.05) is 25.7 Å². The fraction of sp³-hybridized carbons (Fsp3) is 0.632. The molecule has 0 radical (unpaired) electrons. The summed E-state index contributed by atoms with van der Waals surface area (Å²) in [6, 6.07) is 10.8. The lowest BCUT2D eigenvalue weighted by Gasteiger charge is -2.47. The summed E-state index contributed by atoms with van der Waals surface area (Å²) in [7, 11) is 0. The second kappa shape index (κ2) is 5.82. The van der Waals surface area contributed by atoms with Crippen molar-refractivity contribution >= 4 is 6.09 Å². The molecule has 0 aromatic heterocycles. The summed E-state index contributed by atoms with van der Waals surface area (Å²) >= 11 is 0. The van der Waals surface area contributed by atoms with Gasteiger partial charge in [0.1, 0.15) is 5.60 Å². The number of fused-ring (bicyclic) bond motifs is 2. The second-order valence-electron chi connectivity index (χ2n) is 8.20. The first kappa shape index (κ1) is 16.3. The highest BCUT2D eigenvalue weighted by Crippen LogP contribution is 2.40. The normalized spacial score (nSPS) is 28.0. The molecule has 1 aromatic rings. The molecule has 2 heterocycles. The maximum atomic E-state index is 12.6. The molecular formula is C19H28N2O2. The third-order valence-electron chi connectivity index (χ3n) is 4.84. The predicted octanol–water partition coefficient (Wildman–Crippen LogP) is 3.66. The standard InChI is InChI=1S/C19H28N2O2/c1-18(2,3)23-17(22)21-16-10-11-19(21,4)14-20(13-16)12-15-8-6-5-7-9-15/h5-9,16H,10-14H2,1-4H3. The van der Waals surface area contributed by atoms with E-state index in [0.717, 1.165) is 32.5 Å². The van der Waals surface area contributed by atoms with Crippen LogP contribution in [0.25, 0.3) is 0 Å². The molecule has 0 spiro atoms. The van der Waals surface area contributed by atoms with Gasteiger partial charge >= 0.3 is 6.09 Å². The summed E-state index contributed by atoms with van der Waals surface area (Å²) in [6.45, 7) is 10.8. The first-order valence-electron chi connectivity index (χ1n) is 8.55. The lowest BCUT2D eigenvalue weighted by Crippen LogP contribution is -2.62. The predicted molar refractivity (Wildman–Crippen MR) is 91.2 cm³/mol. The highest BCUT2D eigenvalue weighted by atomic mass is 16.6. The Balaban J connectivity index is 1.71. The molecule has 2 unspecified atom stereocenters. The van der Waals surface area contributed by atoms with Crippen LogP contribution in [0.1, 0.15) is 46.1 Å². The number of carbonyl (C=O) groups is 1. The van der Waals surface area contributed by atoms with Crippen molar-refractivity contribution in [3.05, 3.63) is 35.9 Å². The molecule has 1 aromatic carbocycles. The molecule has 3 rings (SSSR count). The fourth-order valence-electron chi connectivity index (χ4n) is 3.98. The van der Waals surface area contributed by atoms with Gasteiger partial charge in [0.05, 0.1) is 5.54 Å². The molecule has 2 atom stereocenters. The van der Waals surface area contributed by atoms with Crippen molar-refractivity contribution in [3.8, 4) is 0 Å². The molecular weight excluding hydrogens is 288 g/mol. The van der Waals surface area contributed by atoms with Gasteiger partial charge < -0.3 is 4.74 Å². The summed E-state index contributed by atoms with van der Waals surface area (Å²) in [4.78, 5) is 17.1. The van der Waals surface area contributed by atoms with Gasteiger partial charge in [-0.25, -0.2) is 4.79 Å². The number of amides is 1. The molecule has 2 fully saturated rings. The lowest BCUT2D eigenvalue weighted by atomic mass is 9.97. The third-order valence-corrected chi connectivity index (χ3v) is 4.84. The number of rotatable bonds is 2. The largest absolute Gasteiger partial charge is 0.444 e. The molecule has 2 aliphatic heterocycles. The van der Waals surface area contributed by atoms with Crippen LogP contribution in [0.2, 0.25) is 0 Å². The van der Waals surface area contributed by atoms with Gasteiger partial charge in [-0.2, -0.15) is 0 Å². The van der Waals surface area contributed by atoms with E-state index in [1.54, 1.807) is 0 Å². The van der Waals surface area contributed by atoms with Gasteiger partial charge in [0.2, 0.25) is 0 Å². The second-order valence-corrected chi connectivity index (χ2v) is 8.20. The summed E-state index contributed by atoms with van der Waals surface area (Å²) in [6.07, 6.45) is 1.98. The van der Waals surface area contributed by atoms with Crippen molar-refractivity contribution in [1.29, 1.82) is 0 Å². The Bertz CT molecular complexity index is 566. The maximum absolute atomic E-state index is 12.6. The zero-order chi connectivity index (χ0) is 16.7. The number of carbonyl (C=O) groups excluding carboxylic acids is 1. The first-order valence-corrected chi connectivity index (χ1v) is 8.55. The highest BCUT2D eigenvalue weighted by molar-refractivity contribution is 5.70. The number of ether oxygens (including phenoxy) is 1. The average molecular weight is 316 g/mol. The first-order chi connectivity index (χ1) is 10.8. The fourth-order valence-corrected chi connectivity index (χ4v) is 3.98. The van der Waals surface area contributed by atoms with Crippen LogP contribution in [0.4, 0.5) is 4.79 Å². The minimum absolute atomic E-state index is 0.111. The van der Waals surface area contributed by atoms with Gasteiger partial charge in [0.25, 0.3) is 0 Å². The van der Waals surface area contributed by atoms with E-state index in [9.17, 15) is 4.79 Å². The quantitative estimate of drug-likeness (QED) is 0.835. The van der Waals surface area contributed by atoms with Crippen molar-refractivity contribution in [2.45, 2.75) is 64.3 Å². The van der Waals surface area contributed by atoms with Crippen molar-refractivity contribution < 1.29 is 9.53 Å². The van der Waals surface area contributed by atoms with Crippen LogP contribution in [0.3, 0.4) is 0 Å². The zero-order valence-corrected chi connectivity index (χ0v) is 14.7. The number of hydrogen-bond donors (Lipinski definition) is 0. The smallest absolute Gasteiger partial charge is 0.411 e. The van der Waals surface area contributed by atoms with Crippen LogP contribution in [0, 0.1) is 0 Å². The molecule has 4 heteroatoms. The molecule has 2 aliphatic rings. The monoisotopic (exact) mass is 316 g/mol. The van der Waals surface area contributed by atoms with Gasteiger partial charge in [-0.15, -0.1) is 0 Å². The molecule has 23 heavy (non-hydrogen) atoms. The van der Waals surface area contributed by atoms with Crippen LogP contribution in [-0.4, -0.2) is 46.2 Å². The SMILES string of the molecule is CC(C)(C)OC(=O)N1C2CCC1(C)CN(Cc1ccccc1)C2. The Hall–Kier alpha value is -1.55. The van der Waals surface area contributed by atoms with Crippen LogP contribution in [0.5, 0.6) is 0 Å². The van der Waals surface area contributed by atoms with E-state index in [4.69, 9.17) is 4.74 Å². The Morgan fingerprint density at radius 2 is 2.00 bits per heavy atom. The van der Waals surface area contributed by atoms with E-state index in [1.807, 2.05) is 25.7 Å². The highest BCUT2D eigenvalue weighted by Gasteiger charge is 2.51. The summed E-state index contributed by atoms with van der Waals surface area (Å²) < 4.78 is 5.65. The molecule has 126 valence electrons. The molecule has 4 nitrogen and oxygen atoms in total. The Morgan fingerprint density at radius 3 is 2.61 bits per heavy atom. The van der Waals surface area contributed by atoms with Crippen molar-refractivity contribution in [1.82, 2.24) is 9.80 Å². The molecule has 2 bridgehead atoms. The lowest BCUT2D eigenvalue weighted by molar-refractivity contribution is -0.0295. The van der Waals surface area contributed by atoms with Crippen LogP contribution < -0.4 is 0 Å². The number of benzene rings is 1. The summed E-state index contributed by atoms with van der Waals surface area (Å²) in [5.74, 6) is 0. The summed E-state index contributed by atoms with van der Waals surface area (Å²) in [5, 5.41) is 0. The van der Waals surface area contributed by atoms with Crippen LogP contribution >= 0.6 is 0 Å². The number of likely N-dealkylation sites (tertiary alicyclic amines) is 1. The van der Waals surface area contributed by atoms with E-state index in [-0.39, 0.29) is 17.7 Å². The molecule has 2 saturated heterocycles. The molecule has 0 saturated carbocycles. The van der Waals surface area contributed by atoms with E-state index < -0.39 is 5.60 Å². The topological polar surface area (TPSA) is 32.8 Å². The average Bonchev–Trinajstić information content (AvgIpc) is 2.65. The summed E-state index contributed by atoms with van der Waals surface area (Å²) in [5.41, 5.74) is 0.787. The Kier molecular flexibility index (Phi) is 4.13. The van der Waals surface area contributed by atoms with Gasteiger partial charge in [-0.1, -0.05) is 30.3 Å². The third kappa shape index (κ3) is 3.52. The molecule has 0 aliphatic carbocycles. The van der Waals surface area contributed by atoms with Crippen LogP contribution in [0.15, 0.2) is 30.3 Å². The number of piperazine rings is 1. The van der Waals surface area contributed by atoms with Gasteiger partial charge in [-0.05, 0) is 46.1 Å². The van der Waals surface area contributed by atoms with Crippen LogP contribution in [-0.2, 0) is 11.3 Å². The van der Waals surface area contributed by atoms with E-state index >= 15 is 0 Å². The van der Waals surface area contributed by atoms with E-state index in [2.05, 4.69) is 42.2 Å². The Morgan fingerprint density at radius 1 is 1.30 bits per heavy atom. The van der Waals surface area contributed by atoms with Crippen molar-refractivity contribution in [3.63, 3.8) is 0 Å².